The number of hydrogen-bond donors (Lipinski definition) is 0. The molecular weight excluding hydrogens is 370 g/mol. The average Bonchev–Trinajstić information content (AvgIpc) is 3.15. The first-order valence-electron chi connectivity index (χ1n) is 10.0. The molecule has 1 aromatic carbocycles. The van der Waals surface area contributed by atoms with Gasteiger partial charge in [0, 0.05) is 21.9 Å². The van der Waals surface area contributed by atoms with E-state index in [9.17, 15) is 0 Å². The Balaban J connectivity index is 1.23. The molecule has 4 aliphatic carbocycles. The van der Waals surface area contributed by atoms with Gasteiger partial charge in [0.1, 0.15) is 11.4 Å². The Labute approximate surface area is 168 Å². The van der Waals surface area contributed by atoms with Crippen molar-refractivity contribution in [2.24, 2.45) is 17.8 Å². The Bertz CT molecular complexity index is 955. The summed E-state index contributed by atoms with van der Waals surface area (Å²) in [6.45, 7) is 0. The minimum Gasteiger partial charge on any atom is -0.245 e. The van der Waals surface area contributed by atoms with Crippen molar-refractivity contribution >= 4 is 34.0 Å². The Morgan fingerprint density at radius 3 is 2.52 bits per heavy atom. The van der Waals surface area contributed by atoms with E-state index in [0.29, 0.717) is 5.41 Å². The Morgan fingerprint density at radius 1 is 1.00 bits per heavy atom. The molecule has 0 amide bonds. The van der Waals surface area contributed by atoms with Gasteiger partial charge in [0.15, 0.2) is 0 Å². The van der Waals surface area contributed by atoms with Crippen molar-refractivity contribution in [2.75, 3.05) is 0 Å². The fourth-order valence-corrected chi connectivity index (χ4v) is 8.27. The zero-order valence-electron chi connectivity index (χ0n) is 15.3. The van der Waals surface area contributed by atoms with Gasteiger partial charge in [-0.15, -0.1) is 11.3 Å². The van der Waals surface area contributed by atoms with Crippen LogP contribution in [0.5, 0.6) is 0 Å². The van der Waals surface area contributed by atoms with Gasteiger partial charge >= 0.3 is 0 Å². The van der Waals surface area contributed by atoms with Crippen molar-refractivity contribution in [1.82, 2.24) is 15.0 Å². The van der Waals surface area contributed by atoms with Crippen LogP contribution in [0.15, 0.2) is 41.0 Å². The van der Waals surface area contributed by atoms with Crippen LogP contribution in [0.1, 0.15) is 49.2 Å². The molecule has 7 rings (SSSR count). The first-order valence-corrected chi connectivity index (χ1v) is 11.9. The Kier molecular flexibility index (Phi) is 3.83. The van der Waals surface area contributed by atoms with Crippen LogP contribution in [0.2, 0.25) is 0 Å². The number of fused-ring (bicyclic) bond motifs is 1. The van der Waals surface area contributed by atoms with Gasteiger partial charge in [0.2, 0.25) is 0 Å². The highest BCUT2D eigenvalue weighted by Gasteiger charge is 2.52. The third-order valence-electron chi connectivity index (χ3n) is 6.91. The van der Waals surface area contributed by atoms with Crippen LogP contribution >= 0.6 is 23.1 Å². The molecule has 0 atom stereocenters. The van der Waals surface area contributed by atoms with E-state index in [2.05, 4.69) is 33.5 Å². The zero-order valence-corrected chi connectivity index (χ0v) is 16.9. The minimum absolute atomic E-state index is 0.421. The molecule has 4 aliphatic rings. The summed E-state index contributed by atoms with van der Waals surface area (Å²) >= 11 is 3.71. The van der Waals surface area contributed by atoms with E-state index in [1.807, 2.05) is 17.4 Å². The second kappa shape index (κ2) is 6.28. The number of thioether (sulfide) groups is 1. The number of nitrogens with zero attached hydrogens (tertiary/aromatic N) is 3. The standard InChI is InChI=1S/C22H23N3S2/c1-2-4-19-18(3-1)20(24-13-23-19)26-11-17-12-27-21(25-17)22-8-14-5-15(9-22)7-16(6-14)10-22/h1-4,12-16H,5-11H2. The van der Waals surface area contributed by atoms with Crippen molar-refractivity contribution in [1.29, 1.82) is 0 Å². The maximum absolute atomic E-state index is 5.15. The number of aromatic nitrogens is 3. The second-order valence-electron chi connectivity index (χ2n) is 8.83. The summed E-state index contributed by atoms with van der Waals surface area (Å²) in [6, 6.07) is 8.25. The van der Waals surface area contributed by atoms with Crippen LogP contribution in [-0.2, 0) is 11.2 Å². The molecule has 0 spiro atoms. The molecule has 138 valence electrons. The highest BCUT2D eigenvalue weighted by molar-refractivity contribution is 7.98. The molecular formula is C22H23N3S2. The fraction of sp³-hybridized carbons (Fsp3) is 0.500. The maximum Gasteiger partial charge on any atom is 0.117 e. The first kappa shape index (κ1) is 16.5. The Hall–Kier alpha value is -1.46. The lowest BCUT2D eigenvalue weighted by Crippen LogP contribution is -2.48. The number of thiazole rings is 1. The molecule has 3 nitrogen and oxygen atoms in total. The lowest BCUT2D eigenvalue weighted by Gasteiger charge is -2.56. The molecule has 0 unspecified atom stereocenters. The normalized spacial score (nSPS) is 31.6. The maximum atomic E-state index is 5.15. The highest BCUT2D eigenvalue weighted by Crippen LogP contribution is 2.61. The largest absolute Gasteiger partial charge is 0.245 e. The number of para-hydroxylation sites is 1. The molecule has 4 saturated carbocycles. The third kappa shape index (κ3) is 2.82. The van der Waals surface area contributed by atoms with Gasteiger partial charge in [-0.05, 0) is 62.3 Å². The number of hydrogen-bond acceptors (Lipinski definition) is 5. The fourth-order valence-electron chi connectivity index (χ4n) is 6.23. The summed E-state index contributed by atoms with van der Waals surface area (Å²) in [6.07, 6.45) is 10.4. The molecule has 0 saturated heterocycles. The van der Waals surface area contributed by atoms with Gasteiger partial charge in [0.25, 0.3) is 0 Å². The van der Waals surface area contributed by atoms with Gasteiger partial charge in [0.05, 0.1) is 16.2 Å². The summed E-state index contributed by atoms with van der Waals surface area (Å²) < 4.78 is 0. The highest BCUT2D eigenvalue weighted by atomic mass is 32.2. The van der Waals surface area contributed by atoms with Gasteiger partial charge in [-0.1, -0.05) is 30.0 Å². The van der Waals surface area contributed by atoms with Crippen LogP contribution < -0.4 is 0 Å². The van der Waals surface area contributed by atoms with Crippen LogP contribution in [0.25, 0.3) is 10.9 Å². The smallest absolute Gasteiger partial charge is 0.117 e. The van der Waals surface area contributed by atoms with E-state index in [0.717, 1.165) is 39.4 Å². The molecule has 2 heterocycles. The molecule has 0 aliphatic heterocycles. The van der Waals surface area contributed by atoms with Crippen LogP contribution in [0.4, 0.5) is 0 Å². The first-order chi connectivity index (χ1) is 13.3. The van der Waals surface area contributed by atoms with E-state index in [4.69, 9.17) is 4.98 Å². The van der Waals surface area contributed by atoms with Gasteiger partial charge in [-0.2, -0.15) is 0 Å². The summed E-state index contributed by atoms with van der Waals surface area (Å²) in [5, 5.41) is 5.93. The van der Waals surface area contributed by atoms with Gasteiger partial charge in [-0.3, -0.25) is 0 Å². The average molecular weight is 394 g/mol. The van der Waals surface area contributed by atoms with Crippen molar-refractivity contribution < 1.29 is 0 Å². The summed E-state index contributed by atoms with van der Waals surface area (Å²) in [7, 11) is 0. The van der Waals surface area contributed by atoms with Crippen molar-refractivity contribution in [3.05, 3.63) is 46.7 Å². The second-order valence-corrected chi connectivity index (χ2v) is 10.6. The van der Waals surface area contributed by atoms with Gasteiger partial charge in [-0.25, -0.2) is 15.0 Å². The van der Waals surface area contributed by atoms with E-state index in [1.165, 1.54) is 49.2 Å². The van der Waals surface area contributed by atoms with E-state index in [-0.39, 0.29) is 0 Å². The van der Waals surface area contributed by atoms with Crippen molar-refractivity contribution in [3.8, 4) is 0 Å². The van der Waals surface area contributed by atoms with Gasteiger partial charge < -0.3 is 0 Å². The molecule has 0 N–H and O–H groups in total. The van der Waals surface area contributed by atoms with Crippen LogP contribution in [0.3, 0.4) is 0 Å². The predicted octanol–water partition coefficient (Wildman–Crippen LogP) is 5.85. The molecule has 0 radical (unpaired) electrons. The van der Waals surface area contributed by atoms with E-state index < -0.39 is 0 Å². The van der Waals surface area contributed by atoms with Crippen molar-refractivity contribution in [3.63, 3.8) is 0 Å². The van der Waals surface area contributed by atoms with Crippen molar-refractivity contribution in [2.45, 2.75) is 54.7 Å². The minimum atomic E-state index is 0.421. The quantitative estimate of drug-likeness (QED) is 0.412. The van der Waals surface area contributed by atoms with Crippen LogP contribution in [0, 0.1) is 17.8 Å². The zero-order chi connectivity index (χ0) is 17.8. The number of rotatable bonds is 4. The molecule has 27 heavy (non-hydrogen) atoms. The lowest BCUT2D eigenvalue weighted by molar-refractivity contribution is -0.00532. The van der Waals surface area contributed by atoms with Crippen LogP contribution in [-0.4, -0.2) is 15.0 Å². The molecule has 5 heteroatoms. The monoisotopic (exact) mass is 393 g/mol. The summed E-state index contributed by atoms with van der Waals surface area (Å²) in [5.41, 5.74) is 2.66. The third-order valence-corrected chi connectivity index (χ3v) is 9.08. The topological polar surface area (TPSA) is 38.7 Å². The van der Waals surface area contributed by atoms with E-state index >= 15 is 0 Å². The molecule has 3 aromatic rings. The molecule has 2 aromatic heterocycles. The molecule has 4 fully saturated rings. The summed E-state index contributed by atoms with van der Waals surface area (Å²) in [4.78, 5) is 14.0. The lowest BCUT2D eigenvalue weighted by atomic mass is 9.50. The van der Waals surface area contributed by atoms with E-state index in [1.54, 1.807) is 18.1 Å². The predicted molar refractivity (Wildman–Crippen MR) is 111 cm³/mol. The summed E-state index contributed by atoms with van der Waals surface area (Å²) in [5.74, 6) is 3.82. The Morgan fingerprint density at radius 2 is 1.74 bits per heavy atom. The number of benzene rings is 1. The SMILES string of the molecule is c1ccc2c(SCc3csc(C45CC6CC(CC(C6)C4)C5)n3)ncnc2c1. The molecule has 4 bridgehead atoms.